The van der Waals surface area contributed by atoms with Gasteiger partial charge in [0.1, 0.15) is 5.82 Å². The van der Waals surface area contributed by atoms with Gasteiger partial charge in [-0.15, -0.1) is 0 Å². The van der Waals surface area contributed by atoms with Gasteiger partial charge in [-0.25, -0.2) is 9.37 Å². The van der Waals surface area contributed by atoms with Gasteiger partial charge in [0.15, 0.2) is 11.6 Å². The lowest BCUT2D eigenvalue weighted by atomic mass is 9.93. The van der Waals surface area contributed by atoms with E-state index in [-0.39, 0.29) is 35.9 Å². The summed E-state index contributed by atoms with van der Waals surface area (Å²) in [5, 5.41) is 15.8. The minimum Gasteiger partial charge on any atom is -0.494 e. The SMILES string of the molecule is CC(C)NCCOCC(C)(C)CN(CCC(=O)O)C(=O)CCCCc1ccc2c(n1)NCCC2.COc1ccccc1F. The van der Waals surface area contributed by atoms with Gasteiger partial charge in [-0.1, -0.05) is 45.9 Å². The van der Waals surface area contributed by atoms with Crippen molar-refractivity contribution >= 4 is 17.7 Å². The number of unbranched alkanes of at least 4 members (excludes halogenated alkanes) is 1. The van der Waals surface area contributed by atoms with Crippen LogP contribution in [-0.4, -0.2) is 79.4 Å². The van der Waals surface area contributed by atoms with Crippen molar-refractivity contribution < 1.29 is 28.6 Å². The molecule has 0 unspecified atom stereocenters. The molecule has 10 heteroatoms. The molecule has 3 rings (SSSR count). The van der Waals surface area contributed by atoms with Crippen LogP contribution in [0.4, 0.5) is 10.2 Å². The van der Waals surface area contributed by atoms with E-state index >= 15 is 0 Å². The third-order valence-electron chi connectivity index (χ3n) is 6.94. The first-order valence-corrected chi connectivity index (χ1v) is 15.3. The van der Waals surface area contributed by atoms with Crippen LogP contribution >= 0.6 is 0 Å². The number of nitrogens with one attached hydrogen (secondary N) is 2. The number of halogens is 1. The van der Waals surface area contributed by atoms with Crippen molar-refractivity contribution in [3.8, 4) is 5.75 Å². The molecule has 1 aliphatic rings. The summed E-state index contributed by atoms with van der Waals surface area (Å²) in [6.07, 6.45) is 5.05. The predicted molar refractivity (Wildman–Crippen MR) is 168 cm³/mol. The smallest absolute Gasteiger partial charge is 0.305 e. The minimum absolute atomic E-state index is 0.0101. The summed E-state index contributed by atoms with van der Waals surface area (Å²) in [5.74, 6) is 0.0937. The number of ether oxygens (including phenoxy) is 2. The molecule has 43 heavy (non-hydrogen) atoms. The number of aromatic nitrogens is 1. The molecule has 1 aliphatic heterocycles. The molecule has 0 bridgehead atoms. The number of carbonyl (C=O) groups is 2. The first kappa shape index (κ1) is 36.0. The highest BCUT2D eigenvalue weighted by Gasteiger charge is 2.25. The molecule has 2 heterocycles. The fourth-order valence-corrected chi connectivity index (χ4v) is 4.71. The number of anilines is 1. The first-order chi connectivity index (χ1) is 20.5. The normalized spacial score (nSPS) is 12.5. The van der Waals surface area contributed by atoms with Crippen LogP contribution in [-0.2, 0) is 27.2 Å². The van der Waals surface area contributed by atoms with Crippen molar-refractivity contribution in [1.82, 2.24) is 15.2 Å². The molecule has 0 fully saturated rings. The summed E-state index contributed by atoms with van der Waals surface area (Å²) in [6, 6.07) is 11.0. The number of amides is 1. The number of rotatable bonds is 17. The van der Waals surface area contributed by atoms with E-state index in [4.69, 9.17) is 14.8 Å². The number of aryl methyl sites for hydroxylation is 2. The van der Waals surface area contributed by atoms with Gasteiger partial charge in [0.2, 0.25) is 5.91 Å². The van der Waals surface area contributed by atoms with Gasteiger partial charge in [0.25, 0.3) is 0 Å². The molecule has 0 saturated carbocycles. The van der Waals surface area contributed by atoms with Crippen LogP contribution in [0.3, 0.4) is 0 Å². The fraction of sp³-hybridized carbons (Fsp3) is 0.606. The molecule has 0 aliphatic carbocycles. The molecule has 1 aromatic heterocycles. The Balaban J connectivity index is 0.000000609. The number of fused-ring (bicyclic) bond motifs is 1. The number of nitrogens with zero attached hydrogens (tertiary/aromatic N) is 2. The van der Waals surface area contributed by atoms with E-state index in [2.05, 4.69) is 55.2 Å². The predicted octanol–water partition coefficient (Wildman–Crippen LogP) is 5.33. The molecule has 3 N–H and O–H groups in total. The number of hydrogen-bond donors (Lipinski definition) is 3. The number of benzene rings is 1. The number of pyridine rings is 1. The number of methoxy groups -OCH3 is 1. The van der Waals surface area contributed by atoms with Crippen molar-refractivity contribution in [1.29, 1.82) is 0 Å². The fourth-order valence-electron chi connectivity index (χ4n) is 4.71. The topological polar surface area (TPSA) is 113 Å². The quantitative estimate of drug-likeness (QED) is 0.208. The maximum atomic E-state index is 12.9. The first-order valence-electron chi connectivity index (χ1n) is 15.3. The molecule has 1 amide bonds. The Morgan fingerprint density at radius 1 is 1.16 bits per heavy atom. The van der Waals surface area contributed by atoms with E-state index in [1.807, 2.05) is 0 Å². The van der Waals surface area contributed by atoms with Crippen molar-refractivity contribution in [2.24, 2.45) is 5.41 Å². The van der Waals surface area contributed by atoms with E-state index in [1.165, 1.54) is 18.7 Å². The number of carbonyl (C=O) groups excluding carboxylic acids is 1. The molecule has 0 saturated heterocycles. The summed E-state index contributed by atoms with van der Waals surface area (Å²) < 4.78 is 22.9. The zero-order valence-corrected chi connectivity index (χ0v) is 26.6. The van der Waals surface area contributed by atoms with Gasteiger partial charge in [0.05, 0.1) is 26.7 Å². The molecule has 9 nitrogen and oxygen atoms in total. The maximum absolute atomic E-state index is 12.9. The highest BCUT2D eigenvalue weighted by Crippen LogP contribution is 2.21. The van der Waals surface area contributed by atoms with E-state index in [1.54, 1.807) is 23.1 Å². The molecule has 240 valence electrons. The second-order valence-electron chi connectivity index (χ2n) is 12.0. The average molecular weight is 603 g/mol. The standard InChI is InChI=1S/C26H44N4O4.C7H7FO/c1-20(2)27-15-17-34-19-26(3,4)18-30(16-13-24(32)33)23(31)10-6-5-9-22-12-11-21-8-7-14-28-25(21)29-22;1-9-7-5-3-2-4-6(7)8/h11-12,20,27H,5-10,13-19H2,1-4H3,(H,28,29)(H,32,33);2-5H,1H3. The van der Waals surface area contributed by atoms with Crippen molar-refractivity contribution in [2.45, 2.75) is 78.7 Å². The Hall–Kier alpha value is -3.24. The van der Waals surface area contributed by atoms with Crippen molar-refractivity contribution in [3.63, 3.8) is 0 Å². The van der Waals surface area contributed by atoms with Gasteiger partial charge in [-0.05, 0) is 55.9 Å². The van der Waals surface area contributed by atoms with E-state index in [9.17, 15) is 14.0 Å². The van der Waals surface area contributed by atoms with Gasteiger partial charge in [-0.3, -0.25) is 9.59 Å². The molecule has 1 aromatic carbocycles. The zero-order chi connectivity index (χ0) is 31.7. The molecular formula is C33H51FN4O5. The summed E-state index contributed by atoms with van der Waals surface area (Å²) in [6.45, 7) is 11.9. The lowest BCUT2D eigenvalue weighted by Crippen LogP contribution is -2.42. The van der Waals surface area contributed by atoms with Crippen LogP contribution in [0.5, 0.6) is 5.75 Å². The number of aliphatic carboxylic acids is 1. The van der Waals surface area contributed by atoms with Gasteiger partial charge < -0.3 is 30.1 Å². The molecule has 0 radical (unpaired) electrons. The van der Waals surface area contributed by atoms with Crippen LogP contribution in [0.1, 0.15) is 71.1 Å². The summed E-state index contributed by atoms with van der Waals surface area (Å²) in [5.41, 5.74) is 2.07. The Bertz CT molecular complexity index is 1130. The maximum Gasteiger partial charge on any atom is 0.305 e. The second kappa shape index (κ2) is 19.1. The summed E-state index contributed by atoms with van der Waals surface area (Å²) in [7, 11) is 1.44. The molecule has 0 atom stereocenters. The number of hydrogen-bond acceptors (Lipinski definition) is 7. The monoisotopic (exact) mass is 602 g/mol. The zero-order valence-electron chi connectivity index (χ0n) is 26.6. The van der Waals surface area contributed by atoms with Crippen LogP contribution in [0.15, 0.2) is 36.4 Å². The highest BCUT2D eigenvalue weighted by molar-refractivity contribution is 5.77. The number of carboxylic acids is 1. The van der Waals surface area contributed by atoms with E-state index in [0.29, 0.717) is 32.2 Å². The van der Waals surface area contributed by atoms with E-state index < -0.39 is 5.97 Å². The Kier molecular flexibility index (Phi) is 16.0. The Labute approximate surface area is 256 Å². The average Bonchev–Trinajstić information content (AvgIpc) is 2.97. The van der Waals surface area contributed by atoms with Gasteiger partial charge in [-0.2, -0.15) is 0 Å². The molecule has 2 aromatic rings. The van der Waals surface area contributed by atoms with Crippen LogP contribution in [0.25, 0.3) is 0 Å². The third-order valence-corrected chi connectivity index (χ3v) is 6.94. The van der Waals surface area contributed by atoms with E-state index in [0.717, 1.165) is 56.7 Å². The van der Waals surface area contributed by atoms with Crippen LogP contribution in [0, 0.1) is 11.2 Å². The second-order valence-corrected chi connectivity index (χ2v) is 12.0. The van der Waals surface area contributed by atoms with Gasteiger partial charge >= 0.3 is 5.97 Å². The Morgan fingerprint density at radius 2 is 1.93 bits per heavy atom. The van der Waals surface area contributed by atoms with Crippen molar-refractivity contribution in [2.75, 3.05) is 51.8 Å². The number of para-hydroxylation sites is 1. The summed E-state index contributed by atoms with van der Waals surface area (Å²) in [4.78, 5) is 30.5. The number of carboxylic acid groups (broad SMARTS) is 1. The summed E-state index contributed by atoms with van der Waals surface area (Å²) >= 11 is 0. The lowest BCUT2D eigenvalue weighted by molar-refractivity contribution is -0.139. The largest absolute Gasteiger partial charge is 0.494 e. The molecule has 0 spiro atoms. The third kappa shape index (κ3) is 14.7. The van der Waals surface area contributed by atoms with Crippen molar-refractivity contribution in [3.05, 3.63) is 53.5 Å². The molecular weight excluding hydrogens is 551 g/mol. The van der Waals surface area contributed by atoms with Crippen LogP contribution < -0.4 is 15.4 Å². The van der Waals surface area contributed by atoms with Gasteiger partial charge in [0, 0.05) is 49.8 Å². The minimum atomic E-state index is -0.890. The Morgan fingerprint density at radius 3 is 2.60 bits per heavy atom. The highest BCUT2D eigenvalue weighted by atomic mass is 19.1. The lowest BCUT2D eigenvalue weighted by Gasteiger charge is -2.32. The van der Waals surface area contributed by atoms with Crippen LogP contribution in [0.2, 0.25) is 0 Å².